The van der Waals surface area contributed by atoms with Crippen molar-refractivity contribution in [1.29, 1.82) is 0 Å². The lowest BCUT2D eigenvalue weighted by molar-refractivity contribution is 0.459. The lowest BCUT2D eigenvalue weighted by Gasteiger charge is -2.16. The molecule has 2 N–H and O–H groups in total. The Balaban J connectivity index is 2.43. The minimum atomic E-state index is 0.0386. The summed E-state index contributed by atoms with van der Waals surface area (Å²) < 4.78 is 1.81. The summed E-state index contributed by atoms with van der Waals surface area (Å²) in [4.78, 5) is 4.10. The first kappa shape index (κ1) is 10.1. The van der Waals surface area contributed by atoms with Crippen LogP contribution in [0.2, 0.25) is 0 Å². The van der Waals surface area contributed by atoms with Gasteiger partial charge in [-0.3, -0.25) is 4.98 Å². The highest BCUT2D eigenvalue weighted by Gasteiger charge is 2.17. The lowest BCUT2D eigenvalue weighted by atomic mass is 9.94. The Morgan fingerprint density at radius 2 is 2.27 bits per heavy atom. The van der Waals surface area contributed by atoms with Crippen LogP contribution in [0.1, 0.15) is 31.9 Å². The van der Waals surface area contributed by atoms with Gasteiger partial charge in [-0.15, -0.1) is 0 Å². The fourth-order valence-electron chi connectivity index (χ4n) is 1.67. The molecule has 4 heteroatoms. The molecule has 0 radical (unpaired) electrons. The molecule has 0 spiro atoms. The smallest absolute Gasteiger partial charge is 0.0892 e. The molecular formula is C11H16N4. The van der Waals surface area contributed by atoms with Gasteiger partial charge in [-0.25, -0.2) is 4.52 Å². The van der Waals surface area contributed by atoms with Crippen LogP contribution in [0, 0.1) is 5.92 Å². The normalized spacial score (nSPS) is 15.4. The van der Waals surface area contributed by atoms with Gasteiger partial charge in [0.1, 0.15) is 0 Å². The van der Waals surface area contributed by atoms with E-state index in [1.165, 1.54) is 0 Å². The van der Waals surface area contributed by atoms with E-state index in [9.17, 15) is 0 Å². The molecule has 0 fully saturated rings. The van der Waals surface area contributed by atoms with Gasteiger partial charge in [-0.1, -0.05) is 20.3 Å². The van der Waals surface area contributed by atoms with Crippen LogP contribution in [0.3, 0.4) is 0 Å². The van der Waals surface area contributed by atoms with E-state index < -0.39 is 0 Å². The van der Waals surface area contributed by atoms with E-state index >= 15 is 0 Å². The first-order chi connectivity index (χ1) is 7.24. The minimum absolute atomic E-state index is 0.0386. The molecule has 15 heavy (non-hydrogen) atoms. The quantitative estimate of drug-likeness (QED) is 0.829. The molecule has 0 saturated heterocycles. The summed E-state index contributed by atoms with van der Waals surface area (Å²) in [5.74, 6) is 0.457. The average molecular weight is 204 g/mol. The number of rotatable bonds is 3. The van der Waals surface area contributed by atoms with E-state index in [-0.39, 0.29) is 6.04 Å². The van der Waals surface area contributed by atoms with Gasteiger partial charge in [0, 0.05) is 24.0 Å². The zero-order valence-corrected chi connectivity index (χ0v) is 9.09. The molecule has 2 unspecified atom stereocenters. The largest absolute Gasteiger partial charge is 0.324 e. The number of fused-ring (bicyclic) bond motifs is 1. The molecular weight excluding hydrogens is 188 g/mol. The fourth-order valence-corrected chi connectivity index (χ4v) is 1.67. The van der Waals surface area contributed by atoms with E-state index in [0.717, 1.165) is 17.5 Å². The zero-order valence-electron chi connectivity index (χ0n) is 9.09. The van der Waals surface area contributed by atoms with E-state index in [1.807, 2.05) is 23.1 Å². The molecule has 2 heterocycles. The Labute approximate surface area is 89.1 Å². The second kappa shape index (κ2) is 3.98. The molecule has 0 saturated carbocycles. The SMILES string of the molecule is CCC(C)C(N)c1cnn2ccncc12. The molecule has 0 aliphatic rings. The molecule has 2 atom stereocenters. The predicted molar refractivity (Wildman–Crippen MR) is 59.4 cm³/mol. The monoisotopic (exact) mass is 204 g/mol. The van der Waals surface area contributed by atoms with Crippen molar-refractivity contribution >= 4 is 5.52 Å². The highest BCUT2D eigenvalue weighted by atomic mass is 15.2. The van der Waals surface area contributed by atoms with E-state index in [4.69, 9.17) is 5.73 Å². The molecule has 2 aromatic rings. The number of hydrogen-bond donors (Lipinski definition) is 1. The summed E-state index contributed by atoms with van der Waals surface area (Å²) in [7, 11) is 0. The Hall–Kier alpha value is -1.42. The first-order valence-corrected chi connectivity index (χ1v) is 5.27. The summed E-state index contributed by atoms with van der Waals surface area (Å²) in [6.07, 6.45) is 8.28. The van der Waals surface area contributed by atoms with Gasteiger partial charge in [0.2, 0.25) is 0 Å². The van der Waals surface area contributed by atoms with Gasteiger partial charge in [-0.2, -0.15) is 5.10 Å². The van der Waals surface area contributed by atoms with Crippen LogP contribution in [0.4, 0.5) is 0 Å². The average Bonchev–Trinajstić information content (AvgIpc) is 2.70. The standard InChI is InChI=1S/C11H16N4/c1-3-8(2)11(12)9-6-14-15-5-4-13-7-10(9)15/h4-8,11H,3,12H2,1-2H3. The molecule has 0 aromatic carbocycles. The Morgan fingerprint density at radius 3 is 3.00 bits per heavy atom. The third-order valence-corrected chi connectivity index (χ3v) is 2.97. The van der Waals surface area contributed by atoms with Crippen molar-refractivity contribution in [3.05, 3.63) is 30.4 Å². The predicted octanol–water partition coefficient (Wildman–Crippen LogP) is 1.78. The Morgan fingerprint density at radius 1 is 1.47 bits per heavy atom. The summed E-state index contributed by atoms with van der Waals surface area (Å²) in [6.45, 7) is 4.30. The van der Waals surface area contributed by atoms with E-state index in [1.54, 1.807) is 6.20 Å². The molecule has 2 rings (SSSR count). The van der Waals surface area contributed by atoms with Crippen LogP contribution in [0.15, 0.2) is 24.8 Å². The number of aromatic nitrogens is 3. The van der Waals surface area contributed by atoms with Crippen LogP contribution in [0.5, 0.6) is 0 Å². The van der Waals surface area contributed by atoms with Gasteiger partial charge in [0.25, 0.3) is 0 Å². The minimum Gasteiger partial charge on any atom is -0.324 e. The van der Waals surface area contributed by atoms with Gasteiger partial charge >= 0.3 is 0 Å². The van der Waals surface area contributed by atoms with E-state index in [2.05, 4.69) is 23.9 Å². The number of nitrogens with two attached hydrogens (primary N) is 1. The van der Waals surface area contributed by atoms with Crippen molar-refractivity contribution in [3.63, 3.8) is 0 Å². The molecule has 0 bridgehead atoms. The van der Waals surface area contributed by atoms with Crippen molar-refractivity contribution in [2.24, 2.45) is 11.7 Å². The van der Waals surface area contributed by atoms with Crippen molar-refractivity contribution in [2.75, 3.05) is 0 Å². The summed E-state index contributed by atoms with van der Waals surface area (Å²) in [5, 5.41) is 4.25. The van der Waals surface area contributed by atoms with Crippen LogP contribution in [-0.2, 0) is 0 Å². The maximum absolute atomic E-state index is 6.18. The highest BCUT2D eigenvalue weighted by molar-refractivity contribution is 5.53. The third-order valence-electron chi connectivity index (χ3n) is 2.97. The van der Waals surface area contributed by atoms with Gasteiger partial charge < -0.3 is 5.73 Å². The van der Waals surface area contributed by atoms with Gasteiger partial charge in [0.15, 0.2) is 0 Å². The fraction of sp³-hybridized carbons (Fsp3) is 0.455. The Bertz CT molecular complexity index is 449. The van der Waals surface area contributed by atoms with Crippen molar-refractivity contribution in [2.45, 2.75) is 26.3 Å². The molecule has 2 aromatic heterocycles. The second-order valence-electron chi connectivity index (χ2n) is 3.92. The maximum atomic E-state index is 6.18. The van der Waals surface area contributed by atoms with Crippen molar-refractivity contribution in [1.82, 2.24) is 14.6 Å². The molecule has 4 nitrogen and oxygen atoms in total. The van der Waals surface area contributed by atoms with Crippen LogP contribution >= 0.6 is 0 Å². The topological polar surface area (TPSA) is 56.2 Å². The van der Waals surface area contributed by atoms with Crippen LogP contribution in [-0.4, -0.2) is 14.6 Å². The zero-order chi connectivity index (χ0) is 10.8. The Kier molecular flexibility index (Phi) is 2.68. The number of nitrogens with zero attached hydrogens (tertiary/aromatic N) is 3. The highest BCUT2D eigenvalue weighted by Crippen LogP contribution is 2.24. The molecule has 0 aliphatic carbocycles. The first-order valence-electron chi connectivity index (χ1n) is 5.27. The van der Waals surface area contributed by atoms with Crippen LogP contribution < -0.4 is 5.73 Å². The van der Waals surface area contributed by atoms with Gasteiger partial charge in [-0.05, 0) is 5.92 Å². The van der Waals surface area contributed by atoms with Crippen LogP contribution in [0.25, 0.3) is 5.52 Å². The molecule has 0 amide bonds. The molecule has 80 valence electrons. The second-order valence-corrected chi connectivity index (χ2v) is 3.92. The van der Waals surface area contributed by atoms with E-state index in [0.29, 0.717) is 5.92 Å². The van der Waals surface area contributed by atoms with Crippen molar-refractivity contribution in [3.8, 4) is 0 Å². The maximum Gasteiger partial charge on any atom is 0.0892 e. The van der Waals surface area contributed by atoms with Crippen molar-refractivity contribution < 1.29 is 0 Å². The lowest BCUT2D eigenvalue weighted by Crippen LogP contribution is -2.18. The van der Waals surface area contributed by atoms with Gasteiger partial charge in [0.05, 0.1) is 17.9 Å². The third kappa shape index (κ3) is 1.72. The summed E-state index contributed by atoms with van der Waals surface area (Å²) >= 11 is 0. The number of hydrogen-bond acceptors (Lipinski definition) is 3. The summed E-state index contributed by atoms with van der Waals surface area (Å²) in [6, 6.07) is 0.0386. The summed E-state index contributed by atoms with van der Waals surface area (Å²) in [5.41, 5.74) is 8.26. The molecule has 0 aliphatic heterocycles.